The summed E-state index contributed by atoms with van der Waals surface area (Å²) in [5.74, 6) is -0.329. The van der Waals surface area contributed by atoms with Gasteiger partial charge < -0.3 is 5.73 Å². The van der Waals surface area contributed by atoms with Gasteiger partial charge >= 0.3 is 0 Å². The molecule has 0 aromatic heterocycles. The normalized spacial score (nSPS) is 23.4. The van der Waals surface area contributed by atoms with E-state index in [9.17, 15) is 9.18 Å². The Kier molecular flexibility index (Phi) is 4.35. The predicted octanol–water partition coefficient (Wildman–Crippen LogP) is 3.39. The Morgan fingerprint density at radius 2 is 2.00 bits per heavy atom. The van der Waals surface area contributed by atoms with E-state index in [0.29, 0.717) is 6.54 Å². The van der Waals surface area contributed by atoms with Crippen LogP contribution >= 0.6 is 0 Å². The third kappa shape index (κ3) is 2.86. The van der Waals surface area contributed by atoms with Gasteiger partial charge in [-0.25, -0.2) is 4.39 Å². The lowest BCUT2D eigenvalue weighted by atomic mass is 9.75. The number of carbonyl (C=O) groups excluding carboxylic acids is 1. The number of hydrogen-bond donors (Lipinski definition) is 1. The molecule has 0 spiro atoms. The van der Waals surface area contributed by atoms with Crippen LogP contribution < -0.4 is 5.73 Å². The lowest BCUT2D eigenvalue weighted by Crippen LogP contribution is -2.33. The van der Waals surface area contributed by atoms with Crippen LogP contribution in [0.1, 0.15) is 47.2 Å². The van der Waals surface area contributed by atoms with Crippen LogP contribution in [0.3, 0.4) is 0 Å². The summed E-state index contributed by atoms with van der Waals surface area (Å²) in [6.45, 7) is 4.17. The number of Topliss-reactive ketones (excluding diaryl/α,β-unsaturated/α-hetero) is 1. The quantitative estimate of drug-likeness (QED) is 0.849. The van der Waals surface area contributed by atoms with E-state index in [1.807, 2.05) is 19.9 Å². The minimum absolute atomic E-state index is 0.0508. The van der Waals surface area contributed by atoms with E-state index in [1.165, 1.54) is 6.07 Å². The fraction of sp³-hybridized carbons (Fsp3) is 0.562. The highest BCUT2D eigenvalue weighted by molar-refractivity contribution is 5.99. The van der Waals surface area contributed by atoms with Crippen molar-refractivity contribution < 1.29 is 9.18 Å². The molecule has 1 aromatic rings. The Balaban J connectivity index is 2.33. The smallest absolute Gasteiger partial charge is 0.169 e. The Hall–Kier alpha value is -1.22. The van der Waals surface area contributed by atoms with Crippen molar-refractivity contribution in [2.75, 3.05) is 6.54 Å². The maximum absolute atomic E-state index is 14.1. The van der Waals surface area contributed by atoms with E-state index < -0.39 is 0 Å². The molecule has 2 unspecified atom stereocenters. The molecule has 0 saturated heterocycles. The van der Waals surface area contributed by atoms with Gasteiger partial charge in [0.15, 0.2) is 5.78 Å². The van der Waals surface area contributed by atoms with Crippen molar-refractivity contribution in [1.82, 2.24) is 0 Å². The molecule has 0 amide bonds. The van der Waals surface area contributed by atoms with Crippen LogP contribution in [-0.2, 0) is 0 Å². The van der Waals surface area contributed by atoms with Gasteiger partial charge in [0.25, 0.3) is 0 Å². The molecule has 2 rings (SSSR count). The Labute approximate surface area is 114 Å². The largest absolute Gasteiger partial charge is 0.330 e. The maximum Gasteiger partial charge on any atom is 0.169 e. The summed E-state index contributed by atoms with van der Waals surface area (Å²) in [6.07, 6.45) is 3.99. The zero-order chi connectivity index (χ0) is 14.0. The standard InChI is InChI=1S/C16H22FNO/c1-10-7-11(2)15(14(17)8-10)16(19)13-6-4-3-5-12(13)9-18/h7-8,12-13H,3-6,9,18H2,1-2H3. The summed E-state index contributed by atoms with van der Waals surface area (Å²) in [5.41, 5.74) is 7.63. The van der Waals surface area contributed by atoms with Crippen LogP contribution in [0.2, 0.25) is 0 Å². The zero-order valence-electron chi connectivity index (χ0n) is 11.7. The monoisotopic (exact) mass is 263 g/mol. The molecule has 2 atom stereocenters. The first-order valence-electron chi connectivity index (χ1n) is 7.05. The van der Waals surface area contributed by atoms with E-state index in [0.717, 1.165) is 36.8 Å². The van der Waals surface area contributed by atoms with Crippen LogP contribution in [0.4, 0.5) is 4.39 Å². The highest BCUT2D eigenvalue weighted by Gasteiger charge is 2.32. The van der Waals surface area contributed by atoms with Gasteiger partial charge in [0.05, 0.1) is 5.56 Å². The summed E-state index contributed by atoms with van der Waals surface area (Å²) in [4.78, 5) is 12.6. The van der Waals surface area contributed by atoms with Crippen molar-refractivity contribution in [2.45, 2.75) is 39.5 Å². The van der Waals surface area contributed by atoms with Gasteiger partial charge in [0.1, 0.15) is 5.82 Å². The molecule has 104 valence electrons. The minimum Gasteiger partial charge on any atom is -0.330 e. The first-order chi connectivity index (χ1) is 9.04. The summed E-state index contributed by atoms with van der Waals surface area (Å²) in [5, 5.41) is 0. The molecule has 2 nitrogen and oxygen atoms in total. The van der Waals surface area contributed by atoms with Gasteiger partial charge in [-0.3, -0.25) is 4.79 Å². The van der Waals surface area contributed by atoms with Crippen molar-refractivity contribution in [3.63, 3.8) is 0 Å². The second-order valence-corrected chi connectivity index (χ2v) is 5.69. The molecule has 19 heavy (non-hydrogen) atoms. The average Bonchev–Trinajstić information content (AvgIpc) is 2.37. The number of rotatable bonds is 3. The van der Waals surface area contributed by atoms with Gasteiger partial charge in [-0.2, -0.15) is 0 Å². The average molecular weight is 263 g/mol. The van der Waals surface area contributed by atoms with Gasteiger partial charge in [0, 0.05) is 5.92 Å². The second kappa shape index (κ2) is 5.83. The molecule has 1 aromatic carbocycles. The minimum atomic E-state index is -0.385. The summed E-state index contributed by atoms with van der Waals surface area (Å²) < 4.78 is 14.1. The lowest BCUT2D eigenvalue weighted by molar-refractivity contribution is 0.0824. The molecule has 1 saturated carbocycles. The van der Waals surface area contributed by atoms with Crippen molar-refractivity contribution >= 4 is 5.78 Å². The molecule has 0 radical (unpaired) electrons. The van der Waals surface area contributed by atoms with Crippen LogP contribution in [0.5, 0.6) is 0 Å². The first kappa shape index (κ1) is 14.2. The topological polar surface area (TPSA) is 43.1 Å². The Bertz CT molecular complexity index is 461. The van der Waals surface area contributed by atoms with Crippen LogP contribution in [0.15, 0.2) is 12.1 Å². The number of hydrogen-bond acceptors (Lipinski definition) is 2. The molecule has 1 aliphatic rings. The van der Waals surface area contributed by atoms with E-state index in [4.69, 9.17) is 5.73 Å². The van der Waals surface area contributed by atoms with Gasteiger partial charge in [0.2, 0.25) is 0 Å². The van der Waals surface area contributed by atoms with Crippen LogP contribution in [0, 0.1) is 31.5 Å². The number of benzene rings is 1. The highest BCUT2D eigenvalue weighted by Crippen LogP contribution is 2.33. The third-order valence-electron chi connectivity index (χ3n) is 4.23. The molecule has 0 aliphatic heterocycles. The Morgan fingerprint density at radius 1 is 1.32 bits per heavy atom. The van der Waals surface area contributed by atoms with Crippen molar-refractivity contribution in [1.29, 1.82) is 0 Å². The van der Waals surface area contributed by atoms with Crippen molar-refractivity contribution in [2.24, 2.45) is 17.6 Å². The summed E-state index contributed by atoms with van der Waals surface area (Å²) in [6, 6.07) is 3.32. The number of ketones is 1. The van der Waals surface area contributed by atoms with E-state index >= 15 is 0 Å². The Morgan fingerprint density at radius 3 is 2.63 bits per heavy atom. The molecule has 2 N–H and O–H groups in total. The number of nitrogens with two attached hydrogens (primary N) is 1. The molecule has 1 aliphatic carbocycles. The molecule has 1 fully saturated rings. The summed E-state index contributed by atoms with van der Waals surface area (Å²) in [7, 11) is 0. The molecule has 3 heteroatoms. The third-order valence-corrected chi connectivity index (χ3v) is 4.23. The highest BCUT2D eigenvalue weighted by atomic mass is 19.1. The molecule has 0 heterocycles. The van der Waals surface area contributed by atoms with Crippen LogP contribution in [-0.4, -0.2) is 12.3 Å². The predicted molar refractivity (Wildman–Crippen MR) is 74.7 cm³/mol. The fourth-order valence-electron chi connectivity index (χ4n) is 3.25. The second-order valence-electron chi connectivity index (χ2n) is 5.69. The van der Waals surface area contributed by atoms with Crippen molar-refractivity contribution in [3.8, 4) is 0 Å². The number of carbonyl (C=O) groups is 1. The van der Waals surface area contributed by atoms with Gasteiger partial charge in [-0.05, 0) is 56.3 Å². The van der Waals surface area contributed by atoms with Gasteiger partial charge in [-0.1, -0.05) is 18.9 Å². The van der Waals surface area contributed by atoms with Gasteiger partial charge in [-0.15, -0.1) is 0 Å². The molecular weight excluding hydrogens is 241 g/mol. The maximum atomic E-state index is 14.1. The summed E-state index contributed by atoms with van der Waals surface area (Å²) >= 11 is 0. The van der Waals surface area contributed by atoms with Crippen molar-refractivity contribution in [3.05, 3.63) is 34.6 Å². The SMILES string of the molecule is Cc1cc(C)c(C(=O)C2CCCCC2CN)c(F)c1. The number of aryl methyl sites for hydroxylation is 2. The van der Waals surface area contributed by atoms with E-state index in [2.05, 4.69) is 0 Å². The van der Waals surface area contributed by atoms with E-state index in [-0.39, 0.29) is 29.0 Å². The number of halogens is 1. The van der Waals surface area contributed by atoms with E-state index in [1.54, 1.807) is 0 Å². The molecule has 0 bridgehead atoms. The first-order valence-corrected chi connectivity index (χ1v) is 7.05. The zero-order valence-corrected chi connectivity index (χ0v) is 11.7. The molecular formula is C16H22FNO. The lowest BCUT2D eigenvalue weighted by Gasteiger charge is -2.30. The van der Waals surface area contributed by atoms with Crippen LogP contribution in [0.25, 0.3) is 0 Å². The fourth-order valence-corrected chi connectivity index (χ4v) is 3.25.